The number of hydrogen-bond acceptors (Lipinski definition) is 6. The van der Waals surface area contributed by atoms with Gasteiger partial charge in [0.2, 0.25) is 6.79 Å². The summed E-state index contributed by atoms with van der Waals surface area (Å²) in [6, 6.07) is 5.96. The second-order valence-electron chi connectivity index (χ2n) is 7.14. The second kappa shape index (κ2) is 6.69. The van der Waals surface area contributed by atoms with Crippen LogP contribution in [0.25, 0.3) is 0 Å². The van der Waals surface area contributed by atoms with Crippen LogP contribution in [0.4, 0.5) is 0 Å². The summed E-state index contributed by atoms with van der Waals surface area (Å²) in [7, 11) is 0. The molecule has 0 radical (unpaired) electrons. The maximum atomic E-state index is 10.7. The molecule has 1 aromatic heterocycles. The molecule has 4 rings (SSSR count). The first-order valence-electron chi connectivity index (χ1n) is 8.84. The third-order valence-corrected chi connectivity index (χ3v) is 4.94. The van der Waals surface area contributed by atoms with E-state index in [1.165, 1.54) is 0 Å². The number of fused-ring (bicyclic) bond motifs is 1. The van der Waals surface area contributed by atoms with Gasteiger partial charge in [-0.15, -0.1) is 0 Å². The van der Waals surface area contributed by atoms with Crippen molar-refractivity contribution >= 4 is 0 Å². The minimum atomic E-state index is -0.411. The largest absolute Gasteiger partial charge is 0.454 e. The lowest BCUT2D eigenvalue weighted by Crippen LogP contribution is -2.42. The van der Waals surface area contributed by atoms with Gasteiger partial charge >= 0.3 is 0 Å². The van der Waals surface area contributed by atoms with E-state index in [0.29, 0.717) is 13.1 Å². The Bertz CT molecular complexity index is 743. The Morgan fingerprint density at radius 2 is 2.12 bits per heavy atom. The van der Waals surface area contributed by atoms with E-state index in [1.807, 2.05) is 18.2 Å². The van der Waals surface area contributed by atoms with E-state index < -0.39 is 6.10 Å². The smallest absolute Gasteiger partial charge is 0.231 e. The highest BCUT2D eigenvalue weighted by Gasteiger charge is 2.30. The highest BCUT2D eigenvalue weighted by Crippen LogP contribution is 2.37. The molecule has 134 valence electrons. The van der Waals surface area contributed by atoms with Gasteiger partial charge in [-0.25, -0.2) is 4.98 Å². The van der Waals surface area contributed by atoms with Gasteiger partial charge in [0, 0.05) is 24.9 Å². The van der Waals surface area contributed by atoms with Crippen LogP contribution in [0.5, 0.6) is 11.5 Å². The van der Waals surface area contributed by atoms with Gasteiger partial charge in [0.15, 0.2) is 17.4 Å². The molecule has 3 heterocycles. The van der Waals surface area contributed by atoms with Crippen LogP contribution in [0.3, 0.4) is 0 Å². The number of aliphatic hydroxyl groups is 1. The minimum absolute atomic E-state index is 0.120. The zero-order valence-electron chi connectivity index (χ0n) is 14.6. The Labute approximate surface area is 147 Å². The van der Waals surface area contributed by atoms with Gasteiger partial charge in [-0.05, 0) is 30.7 Å². The van der Waals surface area contributed by atoms with Gasteiger partial charge < -0.3 is 19.0 Å². The summed E-state index contributed by atoms with van der Waals surface area (Å²) in [5, 5.41) is 10.7. The van der Waals surface area contributed by atoms with E-state index in [0.717, 1.165) is 41.6 Å². The number of β-amino-alcohol motifs (C(OH)–C–C–N with tert-alkyl or cyclic N) is 1. The third-order valence-electron chi connectivity index (χ3n) is 4.94. The average molecular weight is 344 g/mol. The van der Waals surface area contributed by atoms with Gasteiger partial charge in [-0.1, -0.05) is 19.9 Å². The van der Waals surface area contributed by atoms with Crippen LogP contribution in [0.15, 0.2) is 28.9 Å². The predicted molar refractivity (Wildman–Crippen MR) is 91.8 cm³/mol. The fraction of sp³-hybridized carbons (Fsp3) is 0.526. The number of benzene rings is 1. The van der Waals surface area contributed by atoms with E-state index in [2.05, 4.69) is 23.7 Å². The van der Waals surface area contributed by atoms with E-state index in [-0.39, 0.29) is 18.6 Å². The number of likely N-dealkylation sites (tertiary alicyclic amines) is 1. The molecule has 1 N–H and O–H groups in total. The van der Waals surface area contributed by atoms with Crippen molar-refractivity contribution in [2.45, 2.75) is 44.8 Å². The molecule has 6 heteroatoms. The standard InChI is InChI=1S/C19H24N2O4/c1-12(2)19-20-14(10-23-19)8-21-6-5-15(16(22)9-21)13-3-4-17-18(7-13)25-11-24-17/h3-4,7,10,12,15-16,22H,5-6,8-9,11H2,1-2H3/t15-,16+/m0/s1. The van der Waals surface area contributed by atoms with E-state index in [1.54, 1.807) is 6.26 Å². The van der Waals surface area contributed by atoms with Gasteiger partial charge in [-0.2, -0.15) is 0 Å². The first-order chi connectivity index (χ1) is 12.1. The van der Waals surface area contributed by atoms with Crippen molar-refractivity contribution in [1.29, 1.82) is 0 Å². The van der Waals surface area contributed by atoms with Crippen molar-refractivity contribution in [3.05, 3.63) is 41.6 Å². The third kappa shape index (κ3) is 3.37. The van der Waals surface area contributed by atoms with Crippen LogP contribution in [-0.4, -0.2) is 41.0 Å². The number of oxazole rings is 1. The number of hydrogen-bond donors (Lipinski definition) is 1. The van der Waals surface area contributed by atoms with Gasteiger partial charge in [-0.3, -0.25) is 4.90 Å². The van der Waals surface area contributed by atoms with Crippen LogP contribution in [-0.2, 0) is 6.54 Å². The molecule has 0 unspecified atom stereocenters. The summed E-state index contributed by atoms with van der Waals surface area (Å²) in [4.78, 5) is 6.76. The molecule has 6 nitrogen and oxygen atoms in total. The Hall–Kier alpha value is -2.05. The lowest BCUT2D eigenvalue weighted by molar-refractivity contribution is 0.0470. The molecule has 1 fully saturated rings. The number of aliphatic hydroxyl groups excluding tert-OH is 1. The zero-order valence-corrected chi connectivity index (χ0v) is 14.6. The monoisotopic (exact) mass is 344 g/mol. The molecule has 2 aliphatic heterocycles. The molecule has 0 saturated carbocycles. The Balaban J connectivity index is 1.40. The topological polar surface area (TPSA) is 68.0 Å². The van der Waals surface area contributed by atoms with E-state index in [4.69, 9.17) is 13.9 Å². The fourth-order valence-corrected chi connectivity index (χ4v) is 3.56. The first-order valence-corrected chi connectivity index (χ1v) is 8.84. The lowest BCUT2D eigenvalue weighted by Gasteiger charge is -2.35. The average Bonchev–Trinajstić information content (AvgIpc) is 3.23. The van der Waals surface area contributed by atoms with Crippen molar-refractivity contribution in [2.24, 2.45) is 0 Å². The first kappa shape index (κ1) is 16.4. The summed E-state index contributed by atoms with van der Waals surface area (Å²) < 4.78 is 16.3. The Kier molecular flexibility index (Phi) is 4.39. The number of piperidine rings is 1. The molecule has 0 spiro atoms. The van der Waals surface area contributed by atoms with Crippen molar-refractivity contribution < 1.29 is 19.0 Å². The minimum Gasteiger partial charge on any atom is -0.454 e. The van der Waals surface area contributed by atoms with Crippen LogP contribution < -0.4 is 9.47 Å². The highest BCUT2D eigenvalue weighted by molar-refractivity contribution is 5.45. The number of nitrogens with zero attached hydrogens (tertiary/aromatic N) is 2. The summed E-state index contributed by atoms with van der Waals surface area (Å²) >= 11 is 0. The Morgan fingerprint density at radius 1 is 1.28 bits per heavy atom. The molecular weight excluding hydrogens is 320 g/mol. The highest BCUT2D eigenvalue weighted by atomic mass is 16.7. The van der Waals surface area contributed by atoms with Gasteiger partial charge in [0.1, 0.15) is 6.26 Å². The quantitative estimate of drug-likeness (QED) is 0.920. The molecule has 0 amide bonds. The van der Waals surface area contributed by atoms with Crippen LogP contribution in [0.1, 0.15) is 49.3 Å². The Morgan fingerprint density at radius 3 is 2.88 bits per heavy atom. The van der Waals surface area contributed by atoms with Crippen molar-refractivity contribution in [2.75, 3.05) is 19.9 Å². The van der Waals surface area contributed by atoms with E-state index >= 15 is 0 Å². The number of ether oxygens (including phenoxy) is 2. The molecule has 0 bridgehead atoms. The molecular formula is C19H24N2O4. The van der Waals surface area contributed by atoms with Crippen molar-refractivity contribution in [1.82, 2.24) is 9.88 Å². The predicted octanol–water partition coefficient (Wildman–Crippen LogP) is 2.88. The molecule has 25 heavy (non-hydrogen) atoms. The van der Waals surface area contributed by atoms with Gasteiger partial charge in [0.05, 0.1) is 11.8 Å². The molecule has 1 aromatic carbocycles. The molecule has 2 aliphatic rings. The zero-order chi connectivity index (χ0) is 17.4. The van der Waals surface area contributed by atoms with Crippen molar-refractivity contribution in [3.8, 4) is 11.5 Å². The lowest BCUT2D eigenvalue weighted by atomic mass is 9.87. The van der Waals surface area contributed by atoms with E-state index in [9.17, 15) is 5.11 Å². The number of aromatic nitrogens is 1. The number of rotatable bonds is 4. The summed E-state index contributed by atoms with van der Waals surface area (Å²) in [6.45, 7) is 6.66. The van der Waals surface area contributed by atoms with Crippen molar-refractivity contribution in [3.63, 3.8) is 0 Å². The summed E-state index contributed by atoms with van der Waals surface area (Å²) in [5.41, 5.74) is 2.04. The van der Waals surface area contributed by atoms with Crippen LogP contribution >= 0.6 is 0 Å². The summed E-state index contributed by atoms with van der Waals surface area (Å²) in [5.74, 6) is 2.73. The van der Waals surface area contributed by atoms with Crippen LogP contribution in [0, 0.1) is 0 Å². The molecule has 1 saturated heterocycles. The molecule has 2 aromatic rings. The fourth-order valence-electron chi connectivity index (χ4n) is 3.56. The maximum absolute atomic E-state index is 10.7. The maximum Gasteiger partial charge on any atom is 0.231 e. The van der Waals surface area contributed by atoms with Gasteiger partial charge in [0.25, 0.3) is 0 Å². The summed E-state index contributed by atoms with van der Waals surface area (Å²) in [6.07, 6.45) is 2.21. The SMILES string of the molecule is CC(C)c1nc(CN2CC[C@@H](c3ccc4c(c3)OCO4)[C@H](O)C2)co1. The normalized spacial score (nSPS) is 23.4. The second-order valence-corrected chi connectivity index (χ2v) is 7.14. The van der Waals surface area contributed by atoms with Crippen LogP contribution in [0.2, 0.25) is 0 Å². The molecule has 0 aliphatic carbocycles. The molecule has 2 atom stereocenters.